The molecule has 0 aliphatic heterocycles. The zero-order valence-corrected chi connectivity index (χ0v) is 9.94. The highest BCUT2D eigenvalue weighted by Gasteiger charge is 2.19. The van der Waals surface area contributed by atoms with Crippen LogP contribution in [0.15, 0.2) is 12.1 Å². The second kappa shape index (κ2) is 5.72. The van der Waals surface area contributed by atoms with E-state index in [1.54, 1.807) is 0 Å². The molecule has 1 aromatic rings. The fourth-order valence-corrected chi connectivity index (χ4v) is 1.56. The summed E-state index contributed by atoms with van der Waals surface area (Å²) in [7, 11) is -1.08. The van der Waals surface area contributed by atoms with E-state index in [1.165, 1.54) is 6.26 Å². The Hall–Kier alpha value is -1.50. The average Bonchev–Trinajstić information content (AvgIpc) is 2.23. The lowest BCUT2D eigenvalue weighted by atomic mass is 10.1. The summed E-state index contributed by atoms with van der Waals surface area (Å²) >= 11 is 0. The van der Waals surface area contributed by atoms with Crippen molar-refractivity contribution in [2.24, 2.45) is 0 Å². The van der Waals surface area contributed by atoms with Crippen molar-refractivity contribution in [3.05, 3.63) is 29.3 Å². The van der Waals surface area contributed by atoms with Crippen LogP contribution in [0.1, 0.15) is 10.4 Å². The molecule has 0 aliphatic rings. The van der Waals surface area contributed by atoms with Gasteiger partial charge in [-0.1, -0.05) is 0 Å². The molecule has 17 heavy (non-hydrogen) atoms. The number of carbonyl (C=O) groups is 1. The highest BCUT2D eigenvalue weighted by Crippen LogP contribution is 2.18. The first kappa shape index (κ1) is 13.6. The minimum atomic E-state index is -1.08. The van der Waals surface area contributed by atoms with Crippen molar-refractivity contribution in [2.45, 2.75) is 0 Å². The van der Waals surface area contributed by atoms with Gasteiger partial charge in [0.1, 0.15) is 11.4 Å². The van der Waals surface area contributed by atoms with Crippen molar-refractivity contribution in [3.63, 3.8) is 0 Å². The number of carbonyl (C=O) groups excluding carboxylic acids is 1. The molecule has 0 radical (unpaired) electrons. The van der Waals surface area contributed by atoms with Gasteiger partial charge in [-0.25, -0.2) is 8.78 Å². The van der Waals surface area contributed by atoms with Crippen molar-refractivity contribution in [3.8, 4) is 0 Å². The third-order valence-corrected chi connectivity index (χ3v) is 2.80. The van der Waals surface area contributed by atoms with Gasteiger partial charge in [-0.15, -0.1) is 0 Å². The fourth-order valence-electron chi connectivity index (χ4n) is 1.17. The van der Waals surface area contributed by atoms with Gasteiger partial charge in [0.25, 0.3) is 5.91 Å². The van der Waals surface area contributed by atoms with Crippen LogP contribution in [-0.4, -0.2) is 28.7 Å². The van der Waals surface area contributed by atoms with E-state index in [2.05, 4.69) is 5.32 Å². The van der Waals surface area contributed by atoms with Gasteiger partial charge in [-0.3, -0.25) is 9.00 Å². The number of nitrogens with two attached hydrogens (primary N) is 1. The Balaban J connectivity index is 2.82. The highest BCUT2D eigenvalue weighted by atomic mass is 32.2. The Kier molecular flexibility index (Phi) is 4.56. The Morgan fingerprint density at radius 3 is 2.71 bits per heavy atom. The summed E-state index contributed by atoms with van der Waals surface area (Å²) in [4.78, 5) is 11.5. The van der Waals surface area contributed by atoms with Gasteiger partial charge < -0.3 is 11.1 Å². The van der Waals surface area contributed by atoms with E-state index in [4.69, 9.17) is 5.73 Å². The van der Waals surface area contributed by atoms with Crippen molar-refractivity contribution < 1.29 is 17.8 Å². The number of nitrogen functional groups attached to an aromatic ring is 1. The zero-order valence-electron chi connectivity index (χ0n) is 9.13. The lowest BCUT2D eigenvalue weighted by Crippen LogP contribution is -2.29. The summed E-state index contributed by atoms with van der Waals surface area (Å²) in [6.07, 6.45) is 1.47. The predicted molar refractivity (Wildman–Crippen MR) is 62.0 cm³/mol. The van der Waals surface area contributed by atoms with Gasteiger partial charge in [0.2, 0.25) is 0 Å². The van der Waals surface area contributed by atoms with E-state index in [1.807, 2.05) is 0 Å². The quantitative estimate of drug-likeness (QED) is 0.783. The minimum absolute atomic E-state index is 0.0790. The fraction of sp³-hybridized carbons (Fsp3) is 0.300. The Morgan fingerprint density at radius 2 is 2.12 bits per heavy atom. The topological polar surface area (TPSA) is 72.2 Å². The van der Waals surface area contributed by atoms with Crippen molar-refractivity contribution >= 4 is 22.4 Å². The summed E-state index contributed by atoms with van der Waals surface area (Å²) in [5, 5.41) is 2.27. The highest BCUT2D eigenvalue weighted by molar-refractivity contribution is 7.84. The Bertz CT molecular complexity index is 466. The summed E-state index contributed by atoms with van der Waals surface area (Å²) in [6.45, 7) is 0.0790. The van der Waals surface area contributed by atoms with Gasteiger partial charge in [0, 0.05) is 29.4 Å². The summed E-state index contributed by atoms with van der Waals surface area (Å²) in [5.41, 5.74) is 4.22. The molecular formula is C10H12F2N2O2S. The molecule has 1 aromatic carbocycles. The molecule has 0 saturated heterocycles. The third-order valence-electron chi connectivity index (χ3n) is 2.02. The molecule has 0 saturated carbocycles. The SMILES string of the molecule is CS(=O)CCNC(=O)c1c(F)ccc(N)c1F. The maximum Gasteiger partial charge on any atom is 0.257 e. The van der Waals surface area contributed by atoms with E-state index in [9.17, 15) is 17.8 Å². The lowest BCUT2D eigenvalue weighted by Gasteiger charge is -2.07. The van der Waals surface area contributed by atoms with Crippen LogP contribution >= 0.6 is 0 Å². The van der Waals surface area contributed by atoms with Crippen LogP contribution in [0.2, 0.25) is 0 Å². The molecule has 3 N–H and O–H groups in total. The number of amides is 1. The molecule has 0 fully saturated rings. The lowest BCUT2D eigenvalue weighted by molar-refractivity contribution is 0.0948. The summed E-state index contributed by atoms with van der Waals surface area (Å²) in [6, 6.07) is 1.97. The first-order valence-corrected chi connectivity index (χ1v) is 6.48. The molecule has 7 heteroatoms. The van der Waals surface area contributed by atoms with E-state index in [0.717, 1.165) is 12.1 Å². The first-order chi connectivity index (χ1) is 7.93. The second-order valence-corrected chi connectivity index (χ2v) is 4.91. The Labute approximate surface area is 99.6 Å². The molecular weight excluding hydrogens is 250 g/mol. The van der Waals surface area contributed by atoms with Gasteiger partial charge in [0.05, 0.1) is 5.69 Å². The number of nitrogens with one attached hydrogen (secondary N) is 1. The molecule has 1 rings (SSSR count). The maximum absolute atomic E-state index is 13.4. The summed E-state index contributed by atoms with van der Waals surface area (Å²) in [5.74, 6) is -2.75. The van der Waals surface area contributed by atoms with Crippen LogP contribution in [0.5, 0.6) is 0 Å². The van der Waals surface area contributed by atoms with E-state index in [-0.39, 0.29) is 18.0 Å². The van der Waals surface area contributed by atoms with Crippen LogP contribution in [0.3, 0.4) is 0 Å². The van der Waals surface area contributed by atoms with Crippen LogP contribution in [0.4, 0.5) is 14.5 Å². The third kappa shape index (κ3) is 3.48. The molecule has 94 valence electrons. The van der Waals surface area contributed by atoms with Crippen LogP contribution < -0.4 is 11.1 Å². The van der Waals surface area contributed by atoms with Gasteiger partial charge in [0.15, 0.2) is 5.82 Å². The normalized spacial score (nSPS) is 12.2. The number of anilines is 1. The number of hydrogen-bond acceptors (Lipinski definition) is 3. The standard InChI is InChI=1S/C10H12F2N2O2S/c1-17(16)5-4-14-10(15)8-6(11)2-3-7(13)9(8)12/h2-3H,4-5,13H2,1H3,(H,14,15). The van der Waals surface area contributed by atoms with Gasteiger partial charge >= 0.3 is 0 Å². The van der Waals surface area contributed by atoms with Crippen LogP contribution in [-0.2, 0) is 10.8 Å². The number of benzene rings is 1. The monoisotopic (exact) mass is 262 g/mol. The molecule has 1 unspecified atom stereocenters. The number of halogens is 2. The molecule has 0 spiro atoms. The first-order valence-electron chi connectivity index (χ1n) is 4.75. The zero-order chi connectivity index (χ0) is 13.0. The number of rotatable bonds is 4. The molecule has 4 nitrogen and oxygen atoms in total. The van der Waals surface area contributed by atoms with Gasteiger partial charge in [-0.05, 0) is 12.1 Å². The molecule has 0 heterocycles. The van der Waals surface area contributed by atoms with Gasteiger partial charge in [-0.2, -0.15) is 0 Å². The van der Waals surface area contributed by atoms with Crippen molar-refractivity contribution in [1.82, 2.24) is 5.32 Å². The molecule has 0 aliphatic carbocycles. The predicted octanol–water partition coefficient (Wildman–Crippen LogP) is 0.655. The minimum Gasteiger partial charge on any atom is -0.396 e. The van der Waals surface area contributed by atoms with Crippen molar-refractivity contribution in [2.75, 3.05) is 24.3 Å². The largest absolute Gasteiger partial charge is 0.396 e. The maximum atomic E-state index is 13.4. The van der Waals surface area contributed by atoms with Crippen LogP contribution in [0, 0.1) is 11.6 Å². The average molecular weight is 262 g/mol. The molecule has 0 bridgehead atoms. The second-order valence-electron chi connectivity index (χ2n) is 3.36. The van der Waals surface area contributed by atoms with E-state index >= 15 is 0 Å². The number of hydrogen-bond donors (Lipinski definition) is 2. The summed E-state index contributed by atoms with van der Waals surface area (Å²) < 4.78 is 37.4. The molecule has 1 atom stereocenters. The Morgan fingerprint density at radius 1 is 1.47 bits per heavy atom. The van der Waals surface area contributed by atoms with E-state index < -0.39 is 33.9 Å². The van der Waals surface area contributed by atoms with E-state index in [0.29, 0.717) is 0 Å². The van der Waals surface area contributed by atoms with Crippen molar-refractivity contribution in [1.29, 1.82) is 0 Å². The molecule has 0 aromatic heterocycles. The molecule has 1 amide bonds. The van der Waals surface area contributed by atoms with Crippen LogP contribution in [0.25, 0.3) is 0 Å². The smallest absolute Gasteiger partial charge is 0.257 e.